The average Bonchev–Trinajstić information content (AvgIpc) is 3.74. The fourth-order valence-electron chi connectivity index (χ4n) is 4.97. The number of carbonyl (C=O) groups excluding carboxylic acids is 2. The minimum absolute atomic E-state index is 0.210. The van der Waals surface area contributed by atoms with E-state index in [2.05, 4.69) is 19.9 Å². The van der Waals surface area contributed by atoms with Crippen LogP contribution in [-0.4, -0.2) is 45.1 Å². The first-order chi connectivity index (χ1) is 20.4. The maximum atomic E-state index is 13.1. The van der Waals surface area contributed by atoms with Crippen molar-refractivity contribution in [3.63, 3.8) is 0 Å². The van der Waals surface area contributed by atoms with Crippen molar-refractivity contribution in [3.8, 4) is 23.2 Å². The number of hydrogen-bond acceptors (Lipinski definition) is 8. The molecule has 10 nitrogen and oxygen atoms in total. The predicted octanol–water partition coefficient (Wildman–Crippen LogP) is 7.10. The summed E-state index contributed by atoms with van der Waals surface area (Å²) in [6.45, 7) is 7.52. The maximum absolute atomic E-state index is 13.1. The van der Waals surface area contributed by atoms with Crippen molar-refractivity contribution in [2.75, 3.05) is 13.2 Å². The number of esters is 2. The molecule has 0 aliphatic rings. The lowest BCUT2D eigenvalue weighted by molar-refractivity contribution is 0.0515. The molecule has 10 heteroatoms. The number of aromatic nitrogens is 4. The average molecular weight is 565 g/mol. The summed E-state index contributed by atoms with van der Waals surface area (Å²) < 4.78 is 22.7. The van der Waals surface area contributed by atoms with E-state index in [1.165, 1.54) is 0 Å². The molecular weight excluding hydrogens is 536 g/mol. The highest BCUT2D eigenvalue weighted by Crippen LogP contribution is 2.33. The fraction of sp³-hybridized carbons (Fsp3) is 0.188. The number of nitrogens with zero attached hydrogens (tertiary/aromatic N) is 2. The zero-order valence-electron chi connectivity index (χ0n) is 23.5. The topological polar surface area (TPSA) is 136 Å². The number of fused-ring (bicyclic) bond motifs is 2. The van der Waals surface area contributed by atoms with Gasteiger partial charge in [0.25, 0.3) is 0 Å². The van der Waals surface area contributed by atoms with Gasteiger partial charge in [-0.2, -0.15) is 0 Å². The summed E-state index contributed by atoms with van der Waals surface area (Å²) in [4.78, 5) is 41.9. The van der Waals surface area contributed by atoms with Crippen LogP contribution in [0.3, 0.4) is 0 Å². The van der Waals surface area contributed by atoms with Gasteiger partial charge in [-0.3, -0.25) is 0 Å². The van der Waals surface area contributed by atoms with Crippen LogP contribution < -0.4 is 0 Å². The lowest BCUT2D eigenvalue weighted by Gasteiger charge is -2.04. The predicted molar refractivity (Wildman–Crippen MR) is 158 cm³/mol. The smallest absolute Gasteiger partial charge is 0.340 e. The van der Waals surface area contributed by atoms with Gasteiger partial charge in [0.15, 0.2) is 11.2 Å². The van der Waals surface area contributed by atoms with E-state index in [0.717, 1.165) is 0 Å². The number of ether oxygens (including phenoxy) is 2. The van der Waals surface area contributed by atoms with Crippen LogP contribution in [0.15, 0.2) is 57.4 Å². The van der Waals surface area contributed by atoms with Gasteiger partial charge in [0, 0.05) is 0 Å². The van der Waals surface area contributed by atoms with Crippen LogP contribution in [0.5, 0.6) is 0 Å². The molecule has 0 fully saturated rings. The number of H-pyrrole nitrogens is 2. The molecule has 212 valence electrons. The van der Waals surface area contributed by atoms with Crippen LogP contribution in [0.1, 0.15) is 57.1 Å². The number of oxazole rings is 2. The van der Waals surface area contributed by atoms with Crippen molar-refractivity contribution in [1.82, 2.24) is 19.9 Å². The van der Waals surface area contributed by atoms with Crippen molar-refractivity contribution in [2.45, 2.75) is 27.7 Å². The summed E-state index contributed by atoms with van der Waals surface area (Å²) >= 11 is 0. The Hall–Kier alpha value is -5.38. The molecule has 0 aliphatic carbocycles. The zero-order valence-corrected chi connectivity index (χ0v) is 23.5. The van der Waals surface area contributed by atoms with Gasteiger partial charge in [0.05, 0.1) is 35.7 Å². The van der Waals surface area contributed by atoms with Crippen LogP contribution in [0.2, 0.25) is 0 Å². The normalized spacial score (nSPS) is 11.6. The number of carbonyl (C=O) groups is 2. The highest BCUT2D eigenvalue weighted by atomic mass is 16.5. The van der Waals surface area contributed by atoms with Gasteiger partial charge in [-0.15, -0.1) is 0 Å². The Morgan fingerprint density at radius 3 is 1.50 bits per heavy atom. The van der Waals surface area contributed by atoms with Crippen LogP contribution in [0.25, 0.3) is 57.5 Å². The summed E-state index contributed by atoms with van der Waals surface area (Å²) in [7, 11) is 0. The lowest BCUT2D eigenvalue weighted by Crippen LogP contribution is -2.07. The number of para-hydroxylation sites is 4. The van der Waals surface area contributed by atoms with E-state index in [-0.39, 0.29) is 13.2 Å². The molecule has 2 aromatic carbocycles. The van der Waals surface area contributed by atoms with Gasteiger partial charge in [0.1, 0.15) is 22.4 Å². The van der Waals surface area contributed by atoms with Crippen molar-refractivity contribution in [2.24, 2.45) is 0 Å². The molecule has 4 aromatic heterocycles. The molecule has 0 radical (unpaired) electrons. The number of aromatic amines is 2. The molecule has 0 aliphatic heterocycles. The molecule has 2 N–H and O–H groups in total. The van der Waals surface area contributed by atoms with Crippen molar-refractivity contribution < 1.29 is 27.9 Å². The molecule has 0 spiro atoms. The Labute approximate surface area is 240 Å². The van der Waals surface area contributed by atoms with Crippen LogP contribution in [0, 0.1) is 13.8 Å². The van der Waals surface area contributed by atoms with Crippen LogP contribution in [-0.2, 0) is 9.47 Å². The van der Waals surface area contributed by atoms with E-state index in [9.17, 15) is 9.59 Å². The molecular formula is C32H28N4O6. The molecule has 0 unspecified atom stereocenters. The highest BCUT2D eigenvalue weighted by molar-refractivity contribution is 6.00. The summed E-state index contributed by atoms with van der Waals surface area (Å²) in [6.07, 6.45) is 3.41. The largest absolute Gasteiger partial charge is 0.462 e. The van der Waals surface area contributed by atoms with E-state index >= 15 is 0 Å². The van der Waals surface area contributed by atoms with Gasteiger partial charge >= 0.3 is 11.9 Å². The first-order valence-corrected chi connectivity index (χ1v) is 13.6. The van der Waals surface area contributed by atoms with Gasteiger partial charge in [-0.05, 0) is 75.2 Å². The first-order valence-electron chi connectivity index (χ1n) is 13.6. The van der Waals surface area contributed by atoms with Crippen molar-refractivity contribution in [3.05, 3.63) is 82.2 Å². The summed E-state index contributed by atoms with van der Waals surface area (Å²) in [5.74, 6) is -0.289. The second-order valence-corrected chi connectivity index (χ2v) is 9.58. The molecule has 42 heavy (non-hydrogen) atoms. The molecule has 6 aromatic rings. The Morgan fingerprint density at radius 2 is 1.12 bits per heavy atom. The van der Waals surface area contributed by atoms with Crippen LogP contribution in [0.4, 0.5) is 0 Å². The van der Waals surface area contributed by atoms with E-state index < -0.39 is 11.9 Å². The lowest BCUT2D eigenvalue weighted by atomic mass is 10.1. The minimum Gasteiger partial charge on any atom is -0.462 e. The SMILES string of the molecule is CCOC(=O)c1c(/C=C/c2[nH]c(-c3nc4ccccc4o3)c(C)c2C(=O)OCC)[nH]c(-c2nc3ccccc3o2)c1C. The second-order valence-electron chi connectivity index (χ2n) is 9.58. The van der Waals surface area contributed by atoms with E-state index in [4.69, 9.17) is 18.3 Å². The van der Waals surface area contributed by atoms with Gasteiger partial charge in [-0.25, -0.2) is 19.6 Å². The summed E-state index contributed by atoms with van der Waals surface area (Å²) in [5, 5.41) is 0. The Balaban J connectivity index is 1.46. The van der Waals surface area contributed by atoms with Crippen LogP contribution >= 0.6 is 0 Å². The molecule has 0 atom stereocenters. The Bertz CT molecular complexity index is 1780. The second kappa shape index (κ2) is 10.9. The number of benzene rings is 2. The first kappa shape index (κ1) is 26.8. The fourth-order valence-corrected chi connectivity index (χ4v) is 4.97. The molecule has 0 saturated heterocycles. The number of rotatable bonds is 8. The van der Waals surface area contributed by atoms with Gasteiger partial charge < -0.3 is 28.3 Å². The van der Waals surface area contributed by atoms with E-state index in [1.807, 2.05) is 48.5 Å². The third-order valence-corrected chi connectivity index (χ3v) is 6.95. The summed E-state index contributed by atoms with van der Waals surface area (Å²) in [5.41, 5.74) is 6.61. The highest BCUT2D eigenvalue weighted by Gasteiger charge is 2.26. The van der Waals surface area contributed by atoms with Gasteiger partial charge in [0.2, 0.25) is 11.8 Å². The monoisotopic (exact) mass is 564 g/mol. The quantitative estimate of drug-likeness (QED) is 0.187. The van der Waals surface area contributed by atoms with E-state index in [1.54, 1.807) is 39.8 Å². The summed E-state index contributed by atoms with van der Waals surface area (Å²) in [6, 6.07) is 14.9. The number of hydrogen-bond donors (Lipinski definition) is 2. The third-order valence-electron chi connectivity index (χ3n) is 6.95. The maximum Gasteiger partial charge on any atom is 0.340 e. The zero-order chi connectivity index (χ0) is 29.4. The standard InChI is InChI=1S/C32H28N4O6/c1-5-39-31(37)25-17(3)27(29-35-19-11-7-9-13-23(19)41-29)33-21(25)15-16-22-26(32(38)40-6-2)18(4)28(34-22)30-36-20-12-8-10-14-24(20)42-30/h7-16,33-34H,5-6H2,1-4H3/b16-15+. The molecule has 0 amide bonds. The van der Waals surface area contributed by atoms with Crippen molar-refractivity contribution in [1.29, 1.82) is 0 Å². The Morgan fingerprint density at radius 1 is 0.714 bits per heavy atom. The minimum atomic E-state index is -0.492. The molecule has 0 bridgehead atoms. The Kier molecular flexibility index (Phi) is 6.95. The third kappa shape index (κ3) is 4.66. The molecule has 4 heterocycles. The van der Waals surface area contributed by atoms with E-state index in [0.29, 0.717) is 79.0 Å². The molecule has 6 rings (SSSR count). The van der Waals surface area contributed by atoms with Crippen molar-refractivity contribution >= 4 is 46.3 Å². The van der Waals surface area contributed by atoms with Gasteiger partial charge in [-0.1, -0.05) is 24.3 Å². The number of nitrogens with one attached hydrogen (secondary N) is 2. The molecule has 0 saturated carbocycles.